The number of hydrogen-bond donors (Lipinski definition) is 1. The summed E-state index contributed by atoms with van der Waals surface area (Å²) in [6.07, 6.45) is 2.30. The Bertz CT molecular complexity index is 536. The summed E-state index contributed by atoms with van der Waals surface area (Å²) in [6.45, 7) is 4.47. The summed E-state index contributed by atoms with van der Waals surface area (Å²) >= 11 is 0. The van der Waals surface area contributed by atoms with Crippen molar-refractivity contribution in [1.82, 2.24) is 14.7 Å². The van der Waals surface area contributed by atoms with Crippen molar-refractivity contribution in [2.75, 3.05) is 6.54 Å². The van der Waals surface area contributed by atoms with Gasteiger partial charge in [-0.25, -0.2) is 4.79 Å². The molecule has 1 aliphatic rings. The van der Waals surface area contributed by atoms with Gasteiger partial charge in [0.05, 0.1) is 5.69 Å². The van der Waals surface area contributed by atoms with Gasteiger partial charge in [0.25, 0.3) is 0 Å². The molecule has 0 spiro atoms. The lowest BCUT2D eigenvalue weighted by atomic mass is 10.1. The first-order chi connectivity index (χ1) is 9.41. The molecule has 0 aliphatic carbocycles. The van der Waals surface area contributed by atoms with Crippen LogP contribution >= 0.6 is 0 Å². The summed E-state index contributed by atoms with van der Waals surface area (Å²) < 4.78 is 1.81. The molecule has 1 fully saturated rings. The first kappa shape index (κ1) is 14.6. The lowest BCUT2D eigenvalue weighted by molar-refractivity contribution is -0.148. The Morgan fingerprint density at radius 1 is 1.40 bits per heavy atom. The van der Waals surface area contributed by atoms with Crippen molar-refractivity contribution in [3.8, 4) is 0 Å². The van der Waals surface area contributed by atoms with E-state index in [0.29, 0.717) is 25.8 Å². The third-order valence-electron chi connectivity index (χ3n) is 4.11. The van der Waals surface area contributed by atoms with Gasteiger partial charge in [-0.15, -0.1) is 0 Å². The number of carboxylic acid groups (broad SMARTS) is 1. The number of carboxylic acids is 1. The molecule has 1 aromatic heterocycles. The van der Waals surface area contributed by atoms with Crippen LogP contribution in [0.15, 0.2) is 0 Å². The molecule has 1 atom stereocenters. The quantitative estimate of drug-likeness (QED) is 0.893. The Balaban J connectivity index is 2.00. The van der Waals surface area contributed by atoms with E-state index in [9.17, 15) is 9.59 Å². The first-order valence-corrected chi connectivity index (χ1v) is 6.93. The van der Waals surface area contributed by atoms with E-state index < -0.39 is 12.0 Å². The van der Waals surface area contributed by atoms with E-state index in [0.717, 1.165) is 23.4 Å². The van der Waals surface area contributed by atoms with Crippen molar-refractivity contribution < 1.29 is 14.7 Å². The number of carbonyl (C=O) groups excluding carboxylic acids is 1. The van der Waals surface area contributed by atoms with E-state index in [1.165, 1.54) is 4.90 Å². The molecule has 6 heteroatoms. The van der Waals surface area contributed by atoms with E-state index in [-0.39, 0.29) is 5.91 Å². The maximum atomic E-state index is 12.2. The van der Waals surface area contributed by atoms with E-state index in [2.05, 4.69) is 5.10 Å². The molecule has 2 rings (SSSR count). The molecular formula is C14H21N3O3. The number of amides is 1. The van der Waals surface area contributed by atoms with Crippen LogP contribution in [0.2, 0.25) is 0 Å². The highest BCUT2D eigenvalue weighted by molar-refractivity contribution is 5.84. The maximum Gasteiger partial charge on any atom is 0.326 e. The van der Waals surface area contributed by atoms with Crippen LogP contribution in [0.3, 0.4) is 0 Å². The highest BCUT2D eigenvalue weighted by Crippen LogP contribution is 2.20. The molecule has 1 amide bonds. The molecule has 0 aromatic carbocycles. The van der Waals surface area contributed by atoms with Gasteiger partial charge in [-0.05, 0) is 38.7 Å². The monoisotopic (exact) mass is 279 g/mol. The molecule has 0 radical (unpaired) electrons. The third kappa shape index (κ3) is 2.69. The van der Waals surface area contributed by atoms with Gasteiger partial charge in [0.2, 0.25) is 5.91 Å². The van der Waals surface area contributed by atoms with Gasteiger partial charge in [0, 0.05) is 25.7 Å². The molecule has 1 saturated heterocycles. The summed E-state index contributed by atoms with van der Waals surface area (Å²) in [4.78, 5) is 24.8. The van der Waals surface area contributed by atoms with Crippen molar-refractivity contribution in [3.05, 3.63) is 17.0 Å². The minimum atomic E-state index is -0.899. The van der Waals surface area contributed by atoms with Crippen LogP contribution < -0.4 is 0 Å². The lowest BCUT2D eigenvalue weighted by Crippen LogP contribution is -2.40. The zero-order valence-corrected chi connectivity index (χ0v) is 12.2. The molecule has 1 unspecified atom stereocenters. The molecule has 0 saturated carbocycles. The molecule has 1 aliphatic heterocycles. The SMILES string of the molecule is Cc1nn(C)c(C)c1CCC(=O)N1CCCC1C(=O)O. The van der Waals surface area contributed by atoms with E-state index in [4.69, 9.17) is 5.11 Å². The Morgan fingerprint density at radius 3 is 2.65 bits per heavy atom. The molecule has 0 bridgehead atoms. The predicted molar refractivity (Wildman–Crippen MR) is 73.4 cm³/mol. The third-order valence-corrected chi connectivity index (χ3v) is 4.11. The van der Waals surface area contributed by atoms with Gasteiger partial charge in [-0.1, -0.05) is 0 Å². The van der Waals surface area contributed by atoms with Crippen molar-refractivity contribution in [2.45, 2.75) is 45.6 Å². The number of likely N-dealkylation sites (tertiary alicyclic amines) is 1. The van der Waals surface area contributed by atoms with Gasteiger partial charge in [-0.2, -0.15) is 5.10 Å². The standard InChI is InChI=1S/C14H21N3O3/c1-9-11(10(2)16(3)15-9)6-7-13(18)17-8-4-5-12(17)14(19)20/h12H,4-8H2,1-3H3,(H,19,20). The van der Waals surface area contributed by atoms with Crippen LogP contribution in [0.5, 0.6) is 0 Å². The topological polar surface area (TPSA) is 75.4 Å². The second kappa shape index (κ2) is 5.64. The van der Waals surface area contributed by atoms with Gasteiger partial charge < -0.3 is 10.0 Å². The summed E-state index contributed by atoms with van der Waals surface area (Å²) in [5, 5.41) is 13.4. The van der Waals surface area contributed by atoms with Crippen LogP contribution in [0.1, 0.15) is 36.2 Å². The zero-order chi connectivity index (χ0) is 14.9. The number of rotatable bonds is 4. The zero-order valence-electron chi connectivity index (χ0n) is 12.2. The second-order valence-electron chi connectivity index (χ2n) is 5.36. The van der Waals surface area contributed by atoms with Crippen LogP contribution in [0, 0.1) is 13.8 Å². The van der Waals surface area contributed by atoms with Crippen molar-refractivity contribution in [2.24, 2.45) is 7.05 Å². The molecule has 20 heavy (non-hydrogen) atoms. The average molecular weight is 279 g/mol. The number of aliphatic carboxylic acids is 1. The molecule has 1 aromatic rings. The minimum Gasteiger partial charge on any atom is -0.480 e. The number of nitrogens with zero attached hydrogens (tertiary/aromatic N) is 3. The minimum absolute atomic E-state index is 0.0717. The fraction of sp³-hybridized carbons (Fsp3) is 0.643. The molecule has 1 N–H and O–H groups in total. The Labute approximate surface area is 118 Å². The number of aryl methyl sites for hydroxylation is 2. The summed E-state index contributed by atoms with van der Waals surface area (Å²) in [5.41, 5.74) is 3.09. The first-order valence-electron chi connectivity index (χ1n) is 6.93. The van der Waals surface area contributed by atoms with Crippen molar-refractivity contribution in [1.29, 1.82) is 0 Å². The second-order valence-corrected chi connectivity index (χ2v) is 5.36. The highest BCUT2D eigenvalue weighted by Gasteiger charge is 2.33. The molecular weight excluding hydrogens is 258 g/mol. The largest absolute Gasteiger partial charge is 0.480 e. The number of hydrogen-bond acceptors (Lipinski definition) is 3. The van der Waals surface area contributed by atoms with Gasteiger partial charge >= 0.3 is 5.97 Å². The molecule has 110 valence electrons. The Hall–Kier alpha value is -1.85. The molecule has 6 nitrogen and oxygen atoms in total. The van der Waals surface area contributed by atoms with E-state index in [1.807, 2.05) is 25.6 Å². The maximum absolute atomic E-state index is 12.2. The van der Waals surface area contributed by atoms with Crippen LogP contribution in [0.4, 0.5) is 0 Å². The smallest absolute Gasteiger partial charge is 0.326 e. The van der Waals surface area contributed by atoms with E-state index in [1.54, 1.807) is 0 Å². The van der Waals surface area contributed by atoms with Crippen molar-refractivity contribution >= 4 is 11.9 Å². The normalized spacial score (nSPS) is 18.6. The van der Waals surface area contributed by atoms with Gasteiger partial charge in [0.15, 0.2) is 0 Å². The molecule has 2 heterocycles. The lowest BCUT2D eigenvalue weighted by Gasteiger charge is -2.21. The Kier molecular flexibility index (Phi) is 4.11. The van der Waals surface area contributed by atoms with Crippen LogP contribution in [-0.2, 0) is 23.1 Å². The van der Waals surface area contributed by atoms with Gasteiger partial charge in [0.1, 0.15) is 6.04 Å². The summed E-state index contributed by atoms with van der Waals surface area (Å²) in [7, 11) is 1.88. The van der Waals surface area contributed by atoms with Crippen LogP contribution in [0.25, 0.3) is 0 Å². The van der Waals surface area contributed by atoms with Gasteiger partial charge in [-0.3, -0.25) is 9.48 Å². The highest BCUT2D eigenvalue weighted by atomic mass is 16.4. The number of aromatic nitrogens is 2. The summed E-state index contributed by atoms with van der Waals surface area (Å²) in [6, 6.07) is -0.640. The van der Waals surface area contributed by atoms with Crippen LogP contribution in [-0.4, -0.2) is 44.3 Å². The number of carbonyl (C=O) groups is 2. The predicted octanol–water partition coefficient (Wildman–Crippen LogP) is 1.05. The summed E-state index contributed by atoms with van der Waals surface area (Å²) in [5.74, 6) is -0.970. The average Bonchev–Trinajstić information content (AvgIpc) is 2.95. The fourth-order valence-electron chi connectivity index (χ4n) is 2.88. The fourth-order valence-corrected chi connectivity index (χ4v) is 2.88. The van der Waals surface area contributed by atoms with Crippen molar-refractivity contribution in [3.63, 3.8) is 0 Å². The van der Waals surface area contributed by atoms with E-state index >= 15 is 0 Å². The Morgan fingerprint density at radius 2 is 2.10 bits per heavy atom.